The van der Waals surface area contributed by atoms with Crippen LogP contribution in [0.3, 0.4) is 0 Å². The number of benzene rings is 1. The molecule has 21 heavy (non-hydrogen) atoms. The fourth-order valence-electron chi connectivity index (χ4n) is 1.65. The third kappa shape index (κ3) is 3.92. The molecule has 1 atom stereocenters. The van der Waals surface area contributed by atoms with Crippen LogP contribution >= 0.6 is 11.8 Å². The van der Waals surface area contributed by atoms with Crippen molar-refractivity contribution in [2.75, 3.05) is 12.4 Å². The number of non-ortho nitro benzene ring substituents is 1. The number of rotatable bonds is 6. The van der Waals surface area contributed by atoms with E-state index in [1.165, 1.54) is 23.9 Å². The molecule has 3 N–H and O–H groups in total. The minimum atomic E-state index is -0.475. The maximum atomic E-state index is 11.6. The number of H-pyrrole nitrogens is 1. The predicted molar refractivity (Wildman–Crippen MR) is 78.2 cm³/mol. The van der Waals surface area contributed by atoms with Gasteiger partial charge in [0.2, 0.25) is 5.91 Å². The van der Waals surface area contributed by atoms with E-state index in [9.17, 15) is 14.9 Å². The molecule has 1 aromatic carbocycles. The Labute approximate surface area is 124 Å². The van der Waals surface area contributed by atoms with Gasteiger partial charge in [-0.15, -0.1) is 0 Å². The van der Waals surface area contributed by atoms with E-state index in [1.807, 2.05) is 0 Å². The van der Waals surface area contributed by atoms with Gasteiger partial charge in [0, 0.05) is 18.2 Å². The number of hydrogen-bond donors (Lipinski definition) is 3. The Morgan fingerprint density at radius 1 is 1.62 bits per heavy atom. The Balaban J connectivity index is 2.03. The number of imidazole rings is 1. The van der Waals surface area contributed by atoms with Crippen molar-refractivity contribution in [2.45, 2.75) is 18.1 Å². The van der Waals surface area contributed by atoms with Crippen LogP contribution in [0, 0.1) is 10.1 Å². The first kappa shape index (κ1) is 15.3. The molecule has 1 aromatic heterocycles. The monoisotopic (exact) mass is 310 g/mol. The molecule has 0 unspecified atom stereocenters. The standard InChI is InChI=1S/C12H14N4O4S/c1-7(5-17)13-11(18)6-21-12-14-9-3-2-8(16(19)20)4-10(9)15-12/h2-4,7,17H,5-6H2,1H3,(H,13,18)(H,14,15)/t7-/m0/s1. The number of nitrogens with zero attached hydrogens (tertiary/aromatic N) is 2. The van der Waals surface area contributed by atoms with Gasteiger partial charge in [0.25, 0.3) is 5.69 Å². The van der Waals surface area contributed by atoms with Crippen LogP contribution in [0.25, 0.3) is 11.0 Å². The van der Waals surface area contributed by atoms with E-state index in [0.29, 0.717) is 16.2 Å². The number of nitrogens with one attached hydrogen (secondary N) is 2. The molecule has 9 heteroatoms. The number of nitro benzene ring substituents is 1. The van der Waals surface area contributed by atoms with E-state index < -0.39 is 4.92 Å². The Bertz CT molecular complexity index is 672. The van der Waals surface area contributed by atoms with Crippen LogP contribution in [0.1, 0.15) is 6.92 Å². The van der Waals surface area contributed by atoms with E-state index in [1.54, 1.807) is 13.0 Å². The lowest BCUT2D eigenvalue weighted by Crippen LogP contribution is -2.36. The topological polar surface area (TPSA) is 121 Å². The lowest BCUT2D eigenvalue weighted by atomic mass is 10.3. The number of aliphatic hydroxyl groups excluding tert-OH is 1. The van der Waals surface area contributed by atoms with Gasteiger partial charge in [-0.1, -0.05) is 11.8 Å². The summed E-state index contributed by atoms with van der Waals surface area (Å²) in [6, 6.07) is 4.05. The Morgan fingerprint density at radius 2 is 2.38 bits per heavy atom. The highest BCUT2D eigenvalue weighted by atomic mass is 32.2. The van der Waals surface area contributed by atoms with Crippen molar-refractivity contribution in [2.24, 2.45) is 0 Å². The van der Waals surface area contributed by atoms with Gasteiger partial charge < -0.3 is 15.4 Å². The molecule has 0 saturated carbocycles. The summed E-state index contributed by atoms with van der Waals surface area (Å²) in [5, 5.41) is 22.7. The first-order valence-electron chi connectivity index (χ1n) is 6.16. The van der Waals surface area contributed by atoms with Crippen molar-refractivity contribution in [3.63, 3.8) is 0 Å². The van der Waals surface area contributed by atoms with Crippen LogP contribution in [-0.4, -0.2) is 44.3 Å². The molecule has 2 rings (SSSR count). The average Bonchev–Trinajstić information content (AvgIpc) is 2.86. The molecule has 112 valence electrons. The van der Waals surface area contributed by atoms with Gasteiger partial charge in [-0.2, -0.15) is 0 Å². The summed E-state index contributed by atoms with van der Waals surface area (Å²) in [5.74, 6) is -0.0697. The zero-order valence-electron chi connectivity index (χ0n) is 11.2. The minimum Gasteiger partial charge on any atom is -0.394 e. The Morgan fingerprint density at radius 3 is 3.05 bits per heavy atom. The number of carbonyl (C=O) groups is 1. The molecule has 0 radical (unpaired) electrons. The highest BCUT2D eigenvalue weighted by Gasteiger charge is 2.12. The first-order valence-corrected chi connectivity index (χ1v) is 7.15. The van der Waals surface area contributed by atoms with Crippen molar-refractivity contribution in [1.29, 1.82) is 0 Å². The second kappa shape index (κ2) is 6.55. The summed E-state index contributed by atoms with van der Waals surface area (Å²) in [6.07, 6.45) is 0. The highest BCUT2D eigenvalue weighted by molar-refractivity contribution is 7.99. The van der Waals surface area contributed by atoms with Crippen molar-refractivity contribution >= 4 is 34.4 Å². The van der Waals surface area contributed by atoms with Crippen LogP contribution in [0.2, 0.25) is 0 Å². The minimum absolute atomic E-state index is 0.0165. The molecule has 0 bridgehead atoms. The smallest absolute Gasteiger partial charge is 0.271 e. The van der Waals surface area contributed by atoms with Gasteiger partial charge in [-0.25, -0.2) is 4.98 Å². The summed E-state index contributed by atoms with van der Waals surface area (Å²) < 4.78 is 0. The SMILES string of the molecule is C[C@@H](CO)NC(=O)CSc1nc2ccc([N+](=O)[O-])cc2[nH]1. The van der Waals surface area contributed by atoms with Crippen molar-refractivity contribution < 1.29 is 14.8 Å². The molecule has 0 aliphatic rings. The van der Waals surface area contributed by atoms with Gasteiger partial charge in [-0.3, -0.25) is 14.9 Å². The number of thioether (sulfide) groups is 1. The number of carbonyl (C=O) groups excluding carboxylic acids is 1. The summed E-state index contributed by atoms with van der Waals surface area (Å²) >= 11 is 1.19. The van der Waals surface area contributed by atoms with E-state index in [4.69, 9.17) is 5.11 Å². The van der Waals surface area contributed by atoms with Crippen LogP contribution < -0.4 is 5.32 Å². The second-order valence-electron chi connectivity index (χ2n) is 4.44. The molecule has 1 amide bonds. The third-order valence-corrected chi connectivity index (χ3v) is 3.55. The van der Waals surface area contributed by atoms with Crippen LogP contribution in [0.4, 0.5) is 5.69 Å². The number of aromatic amines is 1. The van der Waals surface area contributed by atoms with Crippen LogP contribution in [-0.2, 0) is 4.79 Å². The molecule has 8 nitrogen and oxygen atoms in total. The fraction of sp³-hybridized carbons (Fsp3) is 0.333. The molecule has 0 fully saturated rings. The van der Waals surface area contributed by atoms with Crippen LogP contribution in [0.5, 0.6) is 0 Å². The highest BCUT2D eigenvalue weighted by Crippen LogP contribution is 2.22. The summed E-state index contributed by atoms with van der Waals surface area (Å²) in [5.41, 5.74) is 1.14. The lowest BCUT2D eigenvalue weighted by molar-refractivity contribution is -0.384. The molecule has 2 aromatic rings. The van der Waals surface area contributed by atoms with Gasteiger partial charge in [0.1, 0.15) is 0 Å². The third-order valence-electron chi connectivity index (χ3n) is 2.68. The Hall–Kier alpha value is -2.13. The van der Waals surface area contributed by atoms with E-state index in [0.717, 1.165) is 0 Å². The zero-order chi connectivity index (χ0) is 15.4. The second-order valence-corrected chi connectivity index (χ2v) is 5.40. The zero-order valence-corrected chi connectivity index (χ0v) is 12.0. The van der Waals surface area contributed by atoms with Crippen LogP contribution in [0.15, 0.2) is 23.4 Å². The molecule has 1 heterocycles. The summed E-state index contributed by atoms with van der Waals surface area (Å²) in [4.78, 5) is 29.0. The lowest BCUT2D eigenvalue weighted by Gasteiger charge is -2.09. The Kier molecular flexibility index (Phi) is 4.76. The van der Waals surface area contributed by atoms with Crippen molar-refractivity contribution in [3.8, 4) is 0 Å². The van der Waals surface area contributed by atoms with E-state index >= 15 is 0 Å². The molecular weight excluding hydrogens is 296 g/mol. The van der Waals surface area contributed by atoms with Gasteiger partial charge in [0.05, 0.1) is 28.3 Å². The van der Waals surface area contributed by atoms with Gasteiger partial charge in [-0.05, 0) is 13.0 Å². The number of aliphatic hydroxyl groups is 1. The van der Waals surface area contributed by atoms with Gasteiger partial charge in [0.15, 0.2) is 5.16 Å². The maximum Gasteiger partial charge on any atom is 0.271 e. The van der Waals surface area contributed by atoms with E-state index in [2.05, 4.69) is 15.3 Å². The predicted octanol–water partition coefficient (Wildman–Crippen LogP) is 1.06. The molecular formula is C12H14N4O4S. The maximum absolute atomic E-state index is 11.6. The summed E-state index contributed by atoms with van der Waals surface area (Å²) in [6.45, 7) is 1.58. The number of hydrogen-bond acceptors (Lipinski definition) is 6. The number of aromatic nitrogens is 2. The van der Waals surface area contributed by atoms with Crippen molar-refractivity contribution in [1.82, 2.24) is 15.3 Å². The van der Waals surface area contributed by atoms with E-state index in [-0.39, 0.29) is 30.0 Å². The number of amides is 1. The fourth-order valence-corrected chi connectivity index (χ4v) is 2.35. The number of nitro groups is 1. The first-order chi connectivity index (χ1) is 9.99. The molecule has 0 aliphatic heterocycles. The largest absolute Gasteiger partial charge is 0.394 e. The quantitative estimate of drug-likeness (QED) is 0.417. The molecule has 0 saturated heterocycles. The molecule has 0 aliphatic carbocycles. The normalized spacial score (nSPS) is 12.3. The van der Waals surface area contributed by atoms with Gasteiger partial charge >= 0.3 is 0 Å². The number of fused-ring (bicyclic) bond motifs is 1. The summed E-state index contributed by atoms with van der Waals surface area (Å²) in [7, 11) is 0. The average molecular weight is 310 g/mol. The molecule has 0 spiro atoms. The van der Waals surface area contributed by atoms with Crippen molar-refractivity contribution in [3.05, 3.63) is 28.3 Å².